The van der Waals surface area contributed by atoms with Crippen LogP contribution < -0.4 is 15.4 Å². The van der Waals surface area contributed by atoms with Gasteiger partial charge in [-0.15, -0.1) is 0 Å². The summed E-state index contributed by atoms with van der Waals surface area (Å²) in [5.41, 5.74) is 4.88. The molecule has 50 heavy (non-hydrogen) atoms. The zero-order chi connectivity index (χ0) is 36.1. The summed E-state index contributed by atoms with van der Waals surface area (Å²) in [6.07, 6.45) is 9.95. The van der Waals surface area contributed by atoms with Crippen LogP contribution in [0.2, 0.25) is 0 Å². The average molecular weight is 679 g/mol. The number of amides is 2. The maximum Gasteiger partial charge on any atom is 0.326 e. The number of rotatable bonds is 17. The van der Waals surface area contributed by atoms with Crippen molar-refractivity contribution in [3.63, 3.8) is 0 Å². The predicted octanol–water partition coefficient (Wildman–Crippen LogP) is 7.78. The number of ether oxygens (including phenoxy) is 1. The highest BCUT2D eigenvalue weighted by Crippen LogP contribution is 2.25. The number of carbonyl (C=O) groups excluding carboxylic acids is 2. The molecule has 1 unspecified atom stereocenters. The summed E-state index contributed by atoms with van der Waals surface area (Å²) in [6, 6.07) is 20.6. The van der Waals surface area contributed by atoms with Crippen molar-refractivity contribution in [1.29, 1.82) is 0 Å². The first kappa shape index (κ1) is 37.8. The van der Waals surface area contributed by atoms with Crippen molar-refractivity contribution in [2.45, 2.75) is 97.1 Å². The lowest BCUT2D eigenvalue weighted by molar-refractivity contribution is -0.142. The summed E-state index contributed by atoms with van der Waals surface area (Å²) in [4.78, 5) is 47.4. The predicted molar refractivity (Wildman–Crippen MR) is 197 cm³/mol. The van der Waals surface area contributed by atoms with Gasteiger partial charge in [0, 0.05) is 35.5 Å². The number of unbranched alkanes of at least 4 members (excludes halogenated alkanes) is 4. The lowest BCUT2D eigenvalue weighted by Gasteiger charge is -2.22. The highest BCUT2D eigenvalue weighted by molar-refractivity contribution is 5.98. The Labute approximate surface area is 295 Å². The topological polar surface area (TPSA) is 131 Å². The monoisotopic (exact) mass is 678 g/mol. The molecule has 2 amide bonds. The summed E-state index contributed by atoms with van der Waals surface area (Å²) in [5, 5.41) is 14.9. The number of carboxylic acids is 1. The molecular weight excluding hydrogens is 628 g/mol. The molecule has 0 aliphatic carbocycles. The average Bonchev–Trinajstić information content (AvgIpc) is 3.12. The molecule has 9 nitrogen and oxygen atoms in total. The van der Waals surface area contributed by atoms with Gasteiger partial charge < -0.3 is 20.5 Å². The van der Waals surface area contributed by atoms with Crippen LogP contribution in [-0.4, -0.2) is 51.5 Å². The Morgan fingerprint density at radius 3 is 1.94 bits per heavy atom. The van der Waals surface area contributed by atoms with E-state index in [2.05, 4.69) is 48.3 Å². The fraction of sp³-hybridized carbons (Fsp3) is 0.390. The van der Waals surface area contributed by atoms with Gasteiger partial charge in [-0.1, -0.05) is 109 Å². The van der Waals surface area contributed by atoms with Crippen molar-refractivity contribution >= 4 is 17.8 Å². The molecule has 0 bridgehead atoms. The Bertz CT molecular complexity index is 1680. The van der Waals surface area contributed by atoms with Crippen molar-refractivity contribution in [2.24, 2.45) is 0 Å². The highest BCUT2D eigenvalue weighted by atomic mass is 16.5. The summed E-state index contributed by atoms with van der Waals surface area (Å²) in [5.74, 6) is -0.712. The quantitative estimate of drug-likeness (QED) is 0.0973. The fourth-order valence-corrected chi connectivity index (χ4v) is 5.47. The molecule has 4 rings (SSSR count). The molecular formula is C41H50N4O5. The van der Waals surface area contributed by atoms with Gasteiger partial charge in [0.2, 0.25) is 5.91 Å². The number of aromatic nitrogens is 2. The summed E-state index contributed by atoms with van der Waals surface area (Å²) in [6.45, 7) is 10.9. The molecule has 0 aliphatic heterocycles. The summed E-state index contributed by atoms with van der Waals surface area (Å²) >= 11 is 0. The van der Waals surface area contributed by atoms with Gasteiger partial charge in [0.25, 0.3) is 5.91 Å². The number of nitrogens with one attached hydrogen (secondary N) is 2. The molecule has 3 N–H and O–H groups in total. The van der Waals surface area contributed by atoms with Crippen LogP contribution in [-0.2, 0) is 21.4 Å². The van der Waals surface area contributed by atoms with Crippen molar-refractivity contribution in [3.05, 3.63) is 102 Å². The molecule has 2 atom stereocenters. The normalized spacial score (nSPS) is 12.5. The highest BCUT2D eigenvalue weighted by Gasteiger charge is 2.26. The van der Waals surface area contributed by atoms with Crippen molar-refractivity contribution in [3.8, 4) is 28.3 Å². The van der Waals surface area contributed by atoms with Crippen LogP contribution in [0, 0.1) is 0 Å². The van der Waals surface area contributed by atoms with Gasteiger partial charge in [-0.2, -0.15) is 0 Å². The maximum absolute atomic E-state index is 13.3. The van der Waals surface area contributed by atoms with Crippen LogP contribution in [0.1, 0.15) is 94.6 Å². The van der Waals surface area contributed by atoms with Crippen molar-refractivity contribution in [2.75, 3.05) is 6.61 Å². The summed E-state index contributed by atoms with van der Waals surface area (Å²) < 4.78 is 5.89. The Morgan fingerprint density at radius 1 is 0.740 bits per heavy atom. The van der Waals surface area contributed by atoms with Crippen molar-refractivity contribution in [1.82, 2.24) is 20.6 Å². The van der Waals surface area contributed by atoms with Gasteiger partial charge in [0.1, 0.15) is 17.8 Å². The molecule has 0 saturated carbocycles. The molecule has 0 aliphatic rings. The van der Waals surface area contributed by atoms with Crippen LogP contribution in [0.3, 0.4) is 0 Å². The van der Waals surface area contributed by atoms with E-state index in [4.69, 9.17) is 4.74 Å². The minimum atomic E-state index is -1.13. The van der Waals surface area contributed by atoms with Crippen LogP contribution in [0.25, 0.3) is 22.5 Å². The van der Waals surface area contributed by atoms with E-state index >= 15 is 0 Å². The number of benzene rings is 3. The number of hydrogen-bond donors (Lipinski definition) is 3. The smallest absolute Gasteiger partial charge is 0.326 e. The van der Waals surface area contributed by atoms with E-state index in [0.717, 1.165) is 46.6 Å². The number of nitrogens with zero attached hydrogens (tertiary/aromatic N) is 2. The van der Waals surface area contributed by atoms with E-state index in [1.165, 1.54) is 25.7 Å². The fourth-order valence-electron chi connectivity index (χ4n) is 5.47. The molecule has 264 valence electrons. The molecule has 4 aromatic rings. The molecule has 1 aromatic heterocycles. The molecule has 0 spiro atoms. The van der Waals surface area contributed by atoms with Crippen LogP contribution in [0.4, 0.5) is 0 Å². The van der Waals surface area contributed by atoms with E-state index in [0.29, 0.717) is 11.4 Å². The summed E-state index contributed by atoms with van der Waals surface area (Å²) in [7, 11) is 0. The second kappa shape index (κ2) is 18.1. The zero-order valence-corrected chi connectivity index (χ0v) is 29.9. The third kappa shape index (κ3) is 11.0. The van der Waals surface area contributed by atoms with Gasteiger partial charge in [0.05, 0.1) is 6.61 Å². The molecule has 3 aromatic carbocycles. The Balaban J connectivity index is 1.41. The van der Waals surface area contributed by atoms with Crippen LogP contribution >= 0.6 is 0 Å². The SMILES string of the molecule is CCCCCCCOc1ccc(-c2cnc(-c3ccc(C[C@H](NC(=O)c4ccc(C(C)(C)C)cc4)C(=O)NC(CC)C(=O)O)cc3)nc2)cc1. The van der Waals surface area contributed by atoms with E-state index in [9.17, 15) is 19.5 Å². The van der Waals surface area contributed by atoms with Gasteiger partial charge in [0.15, 0.2) is 5.82 Å². The van der Waals surface area contributed by atoms with E-state index in [-0.39, 0.29) is 18.3 Å². The van der Waals surface area contributed by atoms with Gasteiger partial charge in [-0.25, -0.2) is 14.8 Å². The van der Waals surface area contributed by atoms with E-state index < -0.39 is 29.9 Å². The third-order valence-electron chi connectivity index (χ3n) is 8.67. The molecule has 0 radical (unpaired) electrons. The second-order valence-corrected chi connectivity index (χ2v) is 13.6. The Morgan fingerprint density at radius 2 is 1.36 bits per heavy atom. The Kier molecular flexibility index (Phi) is 13.7. The minimum Gasteiger partial charge on any atom is -0.494 e. The second-order valence-electron chi connectivity index (χ2n) is 13.6. The molecule has 9 heteroatoms. The Hall–Kier alpha value is -5.05. The lowest BCUT2D eigenvalue weighted by Crippen LogP contribution is -2.52. The van der Waals surface area contributed by atoms with Gasteiger partial charge in [-0.3, -0.25) is 9.59 Å². The number of aliphatic carboxylic acids is 1. The van der Waals surface area contributed by atoms with Gasteiger partial charge in [-0.05, 0) is 59.2 Å². The third-order valence-corrected chi connectivity index (χ3v) is 8.67. The van der Waals surface area contributed by atoms with E-state index in [1.807, 2.05) is 60.7 Å². The first-order chi connectivity index (χ1) is 24.0. The van der Waals surface area contributed by atoms with Crippen LogP contribution in [0.15, 0.2) is 85.2 Å². The number of hydrogen-bond acceptors (Lipinski definition) is 6. The first-order valence-corrected chi connectivity index (χ1v) is 17.6. The number of carboxylic acid groups (broad SMARTS) is 1. The number of carbonyl (C=O) groups is 3. The largest absolute Gasteiger partial charge is 0.494 e. The molecule has 0 saturated heterocycles. The molecule has 1 heterocycles. The van der Waals surface area contributed by atoms with Gasteiger partial charge >= 0.3 is 5.97 Å². The first-order valence-electron chi connectivity index (χ1n) is 17.6. The van der Waals surface area contributed by atoms with Crippen molar-refractivity contribution < 1.29 is 24.2 Å². The maximum atomic E-state index is 13.3. The van der Waals surface area contributed by atoms with E-state index in [1.54, 1.807) is 31.5 Å². The zero-order valence-electron chi connectivity index (χ0n) is 29.9. The van der Waals surface area contributed by atoms with Crippen LogP contribution in [0.5, 0.6) is 5.75 Å². The minimum absolute atomic E-state index is 0.0720. The standard InChI is InChI=1S/C41H50N4O5/c1-6-8-9-10-11-24-50-34-22-18-29(19-23-34)32-26-42-37(43-27-32)30-14-12-28(13-15-30)25-36(39(47)44-35(7-2)40(48)49)45-38(46)31-16-20-33(21-17-31)41(3,4)5/h12-23,26-27,35-36H,6-11,24-25H2,1-5H3,(H,44,47)(H,45,46)(H,48,49)/t35?,36-/m0/s1. The lowest BCUT2D eigenvalue weighted by atomic mass is 9.86. The molecule has 0 fully saturated rings.